The van der Waals surface area contributed by atoms with Gasteiger partial charge in [-0.3, -0.25) is 4.90 Å². The number of nitrogens with one attached hydrogen (secondary N) is 1. The lowest BCUT2D eigenvalue weighted by molar-refractivity contribution is 0.0776. The lowest BCUT2D eigenvalue weighted by atomic mass is 9.90. The number of hydrogen-bond acceptors (Lipinski definition) is 2. The molecule has 2 rings (SSSR count). The molecule has 19 heavy (non-hydrogen) atoms. The molecule has 0 aliphatic carbocycles. The molecule has 0 radical (unpaired) electrons. The normalized spacial score (nSPS) is 18.7. The van der Waals surface area contributed by atoms with Gasteiger partial charge in [0.25, 0.3) is 0 Å². The third kappa shape index (κ3) is 4.05. The van der Waals surface area contributed by atoms with Gasteiger partial charge in [0.15, 0.2) is 0 Å². The molecule has 0 amide bonds. The first-order valence-corrected chi connectivity index (χ1v) is 7.58. The zero-order valence-corrected chi connectivity index (χ0v) is 12.7. The Morgan fingerprint density at radius 1 is 1.16 bits per heavy atom. The average molecular weight is 260 g/mol. The number of likely N-dealkylation sites (tertiary alicyclic amines) is 1. The quantitative estimate of drug-likeness (QED) is 0.875. The highest BCUT2D eigenvalue weighted by molar-refractivity contribution is 5.15. The van der Waals surface area contributed by atoms with Crippen LogP contribution in [0, 0.1) is 0 Å². The summed E-state index contributed by atoms with van der Waals surface area (Å²) in [5, 5.41) is 3.41. The van der Waals surface area contributed by atoms with Gasteiger partial charge in [0.05, 0.1) is 0 Å². The van der Waals surface area contributed by atoms with E-state index in [9.17, 15) is 0 Å². The third-order valence-corrected chi connectivity index (χ3v) is 4.63. The first-order chi connectivity index (χ1) is 9.12. The molecule has 1 heterocycles. The SMILES string of the molecule is CNC1CCN(C(C)(C)CCc2ccccc2)CC1. The van der Waals surface area contributed by atoms with E-state index in [1.54, 1.807) is 0 Å². The summed E-state index contributed by atoms with van der Waals surface area (Å²) < 4.78 is 0. The van der Waals surface area contributed by atoms with Crippen molar-refractivity contribution in [1.82, 2.24) is 10.2 Å². The summed E-state index contributed by atoms with van der Waals surface area (Å²) >= 11 is 0. The van der Waals surface area contributed by atoms with Gasteiger partial charge in [0, 0.05) is 24.7 Å². The zero-order valence-electron chi connectivity index (χ0n) is 12.7. The van der Waals surface area contributed by atoms with E-state index in [1.807, 2.05) is 0 Å². The molecule has 1 aromatic rings. The van der Waals surface area contributed by atoms with Crippen molar-refractivity contribution in [2.75, 3.05) is 20.1 Å². The fourth-order valence-corrected chi connectivity index (χ4v) is 3.03. The predicted molar refractivity (Wildman–Crippen MR) is 82.5 cm³/mol. The summed E-state index contributed by atoms with van der Waals surface area (Å²) in [6, 6.07) is 11.6. The van der Waals surface area contributed by atoms with Gasteiger partial charge in [-0.2, -0.15) is 0 Å². The predicted octanol–water partition coefficient (Wildman–Crippen LogP) is 3.08. The van der Waals surface area contributed by atoms with Crippen molar-refractivity contribution in [2.24, 2.45) is 0 Å². The number of rotatable bonds is 5. The van der Waals surface area contributed by atoms with Gasteiger partial charge in [-0.1, -0.05) is 30.3 Å². The largest absolute Gasteiger partial charge is 0.317 e. The molecule has 1 aromatic carbocycles. The zero-order chi connectivity index (χ0) is 13.7. The summed E-state index contributed by atoms with van der Waals surface area (Å²) in [6.45, 7) is 7.26. The lowest BCUT2D eigenvalue weighted by Gasteiger charge is -2.43. The minimum atomic E-state index is 0.314. The van der Waals surface area contributed by atoms with Crippen LogP contribution in [0.25, 0.3) is 0 Å². The second-order valence-electron chi connectivity index (χ2n) is 6.35. The number of piperidine rings is 1. The second-order valence-corrected chi connectivity index (χ2v) is 6.35. The Balaban J connectivity index is 1.85. The molecular formula is C17H28N2. The van der Waals surface area contributed by atoms with Crippen LogP contribution in [0.5, 0.6) is 0 Å². The van der Waals surface area contributed by atoms with E-state index in [-0.39, 0.29) is 0 Å². The topological polar surface area (TPSA) is 15.3 Å². The summed E-state index contributed by atoms with van der Waals surface area (Å²) in [5.74, 6) is 0. The molecule has 1 fully saturated rings. The van der Waals surface area contributed by atoms with Crippen LogP contribution in [0.2, 0.25) is 0 Å². The van der Waals surface area contributed by atoms with Crippen LogP contribution in [0.1, 0.15) is 38.7 Å². The van der Waals surface area contributed by atoms with E-state index in [0.717, 1.165) is 6.04 Å². The van der Waals surface area contributed by atoms with Gasteiger partial charge in [0.1, 0.15) is 0 Å². The second kappa shape index (κ2) is 6.53. The van der Waals surface area contributed by atoms with Gasteiger partial charge in [-0.15, -0.1) is 0 Å². The maximum atomic E-state index is 3.41. The Bertz CT molecular complexity index is 364. The number of benzene rings is 1. The Kier molecular flexibility index (Phi) is 5.00. The summed E-state index contributed by atoms with van der Waals surface area (Å²) in [6.07, 6.45) is 4.98. The molecule has 1 N–H and O–H groups in total. The molecule has 2 heteroatoms. The van der Waals surface area contributed by atoms with Crippen LogP contribution in [0.3, 0.4) is 0 Å². The van der Waals surface area contributed by atoms with Gasteiger partial charge < -0.3 is 5.32 Å². The molecule has 0 spiro atoms. The standard InChI is InChI=1S/C17H28N2/c1-17(2,12-9-15-7-5-4-6-8-15)19-13-10-16(18-3)11-14-19/h4-8,16,18H,9-14H2,1-3H3. The van der Waals surface area contributed by atoms with Crippen LogP contribution in [-0.4, -0.2) is 36.6 Å². The van der Waals surface area contributed by atoms with Gasteiger partial charge in [-0.25, -0.2) is 0 Å². The van der Waals surface area contributed by atoms with Gasteiger partial charge in [0.2, 0.25) is 0 Å². The maximum Gasteiger partial charge on any atom is 0.0156 e. The van der Waals surface area contributed by atoms with Gasteiger partial charge in [-0.05, 0) is 52.1 Å². The molecule has 0 aromatic heterocycles. The van der Waals surface area contributed by atoms with Crippen molar-refractivity contribution in [3.8, 4) is 0 Å². The van der Waals surface area contributed by atoms with Crippen molar-refractivity contribution in [2.45, 2.75) is 51.1 Å². The van der Waals surface area contributed by atoms with Crippen LogP contribution in [-0.2, 0) is 6.42 Å². The fraction of sp³-hybridized carbons (Fsp3) is 0.647. The Morgan fingerprint density at radius 2 is 1.79 bits per heavy atom. The summed E-state index contributed by atoms with van der Waals surface area (Å²) in [4.78, 5) is 2.67. The van der Waals surface area contributed by atoms with E-state index < -0.39 is 0 Å². The molecule has 1 saturated heterocycles. The maximum absolute atomic E-state index is 3.41. The van der Waals surface area contributed by atoms with Gasteiger partial charge >= 0.3 is 0 Å². The molecule has 0 saturated carbocycles. The van der Waals surface area contributed by atoms with Crippen molar-refractivity contribution < 1.29 is 0 Å². The highest BCUT2D eigenvalue weighted by atomic mass is 15.2. The number of aryl methyl sites for hydroxylation is 1. The van der Waals surface area contributed by atoms with E-state index in [2.05, 4.69) is 61.4 Å². The first-order valence-electron chi connectivity index (χ1n) is 7.58. The molecule has 1 aliphatic rings. The number of hydrogen-bond donors (Lipinski definition) is 1. The minimum Gasteiger partial charge on any atom is -0.317 e. The van der Waals surface area contributed by atoms with Crippen LogP contribution >= 0.6 is 0 Å². The molecule has 2 nitrogen and oxygen atoms in total. The van der Waals surface area contributed by atoms with Crippen molar-refractivity contribution >= 4 is 0 Å². The van der Waals surface area contributed by atoms with Crippen LogP contribution in [0.4, 0.5) is 0 Å². The molecule has 106 valence electrons. The van der Waals surface area contributed by atoms with Crippen molar-refractivity contribution in [3.05, 3.63) is 35.9 Å². The average Bonchev–Trinajstić information content (AvgIpc) is 2.46. The van der Waals surface area contributed by atoms with Crippen LogP contribution < -0.4 is 5.32 Å². The first kappa shape index (κ1) is 14.5. The monoisotopic (exact) mass is 260 g/mol. The smallest absolute Gasteiger partial charge is 0.0156 e. The third-order valence-electron chi connectivity index (χ3n) is 4.63. The number of nitrogens with zero attached hydrogens (tertiary/aromatic N) is 1. The lowest BCUT2D eigenvalue weighted by Crippen LogP contribution is -2.51. The molecule has 0 bridgehead atoms. The fourth-order valence-electron chi connectivity index (χ4n) is 3.03. The Labute approximate surface area is 118 Å². The Hall–Kier alpha value is -0.860. The van der Waals surface area contributed by atoms with E-state index >= 15 is 0 Å². The Morgan fingerprint density at radius 3 is 2.37 bits per heavy atom. The van der Waals surface area contributed by atoms with Crippen molar-refractivity contribution in [3.63, 3.8) is 0 Å². The van der Waals surface area contributed by atoms with E-state index in [0.29, 0.717) is 5.54 Å². The summed E-state index contributed by atoms with van der Waals surface area (Å²) in [7, 11) is 2.08. The highest BCUT2D eigenvalue weighted by Gasteiger charge is 2.29. The minimum absolute atomic E-state index is 0.314. The van der Waals surface area contributed by atoms with E-state index in [1.165, 1.54) is 44.3 Å². The summed E-state index contributed by atoms with van der Waals surface area (Å²) in [5.41, 5.74) is 1.77. The molecular weight excluding hydrogens is 232 g/mol. The molecule has 1 aliphatic heterocycles. The molecule has 0 atom stereocenters. The van der Waals surface area contributed by atoms with E-state index in [4.69, 9.17) is 0 Å². The van der Waals surface area contributed by atoms with Crippen LogP contribution in [0.15, 0.2) is 30.3 Å². The van der Waals surface area contributed by atoms with Crippen molar-refractivity contribution in [1.29, 1.82) is 0 Å². The molecule has 0 unspecified atom stereocenters. The highest BCUT2D eigenvalue weighted by Crippen LogP contribution is 2.25.